The molecule has 0 aliphatic carbocycles. The summed E-state index contributed by atoms with van der Waals surface area (Å²) in [4.78, 5) is 27.6. The first-order valence-corrected chi connectivity index (χ1v) is 10.9. The Kier molecular flexibility index (Phi) is 8.75. The van der Waals surface area contributed by atoms with Crippen LogP contribution in [0.2, 0.25) is 10.0 Å². The Morgan fingerprint density at radius 1 is 1.00 bits per heavy atom. The molecule has 30 heavy (non-hydrogen) atoms. The highest BCUT2D eigenvalue weighted by Gasteiger charge is 2.27. The zero-order chi connectivity index (χ0) is 22.4. The molecule has 0 aliphatic heterocycles. The van der Waals surface area contributed by atoms with E-state index >= 15 is 0 Å². The maximum atomic E-state index is 13.3. The fraction of sp³-hybridized carbons (Fsp3) is 0.417. The van der Waals surface area contributed by atoms with Crippen LogP contribution in [-0.4, -0.2) is 29.3 Å². The van der Waals surface area contributed by atoms with Crippen molar-refractivity contribution in [1.29, 1.82) is 0 Å². The molecule has 0 radical (unpaired) electrons. The van der Waals surface area contributed by atoms with Gasteiger partial charge in [-0.2, -0.15) is 0 Å². The summed E-state index contributed by atoms with van der Waals surface area (Å²) in [6.45, 7) is 10.6. The van der Waals surface area contributed by atoms with E-state index in [2.05, 4.69) is 11.4 Å². The number of hydrogen-bond donors (Lipinski definition) is 1. The first-order chi connectivity index (χ1) is 14.1. The SMILES string of the molecule is Cc1cc(C)cc(CC(=O)N(Cc2ccc(Cl)cc2Cl)[C@@H](C)C(=O)NCC(C)C)c1. The lowest BCUT2D eigenvalue weighted by Gasteiger charge is -2.29. The van der Waals surface area contributed by atoms with E-state index in [1.54, 1.807) is 30.0 Å². The van der Waals surface area contributed by atoms with Gasteiger partial charge in [0.15, 0.2) is 0 Å². The average molecular weight is 449 g/mol. The highest BCUT2D eigenvalue weighted by molar-refractivity contribution is 6.35. The number of hydrogen-bond acceptors (Lipinski definition) is 2. The van der Waals surface area contributed by atoms with Crippen molar-refractivity contribution < 1.29 is 9.59 Å². The number of aryl methyl sites for hydroxylation is 2. The second-order valence-electron chi connectivity index (χ2n) is 8.25. The van der Waals surface area contributed by atoms with Crippen LogP contribution in [-0.2, 0) is 22.6 Å². The molecular formula is C24H30Cl2N2O2. The molecule has 6 heteroatoms. The van der Waals surface area contributed by atoms with Crippen LogP contribution in [0, 0.1) is 19.8 Å². The molecule has 0 saturated carbocycles. The van der Waals surface area contributed by atoms with Crippen LogP contribution in [0.5, 0.6) is 0 Å². The van der Waals surface area contributed by atoms with E-state index in [0.717, 1.165) is 22.3 Å². The lowest BCUT2D eigenvalue weighted by molar-refractivity contribution is -0.140. The minimum atomic E-state index is -0.631. The summed E-state index contributed by atoms with van der Waals surface area (Å²) in [6, 6.07) is 10.6. The number of amides is 2. The predicted octanol–water partition coefficient (Wildman–Crippen LogP) is 5.34. The number of nitrogens with one attached hydrogen (secondary N) is 1. The predicted molar refractivity (Wildman–Crippen MR) is 124 cm³/mol. The van der Waals surface area contributed by atoms with Gasteiger partial charge < -0.3 is 10.2 Å². The Morgan fingerprint density at radius 3 is 2.20 bits per heavy atom. The molecule has 0 aliphatic rings. The molecule has 1 N–H and O–H groups in total. The minimum absolute atomic E-state index is 0.127. The lowest BCUT2D eigenvalue weighted by Crippen LogP contribution is -2.48. The Morgan fingerprint density at radius 2 is 1.63 bits per heavy atom. The van der Waals surface area contributed by atoms with Crippen LogP contribution >= 0.6 is 23.2 Å². The smallest absolute Gasteiger partial charge is 0.242 e. The molecule has 0 unspecified atom stereocenters. The van der Waals surface area contributed by atoms with E-state index in [1.807, 2.05) is 39.8 Å². The fourth-order valence-electron chi connectivity index (χ4n) is 3.32. The van der Waals surface area contributed by atoms with Crippen LogP contribution < -0.4 is 5.32 Å². The second kappa shape index (κ2) is 10.8. The summed E-state index contributed by atoms with van der Waals surface area (Å²) in [5.41, 5.74) is 3.89. The molecular weight excluding hydrogens is 419 g/mol. The van der Waals surface area contributed by atoms with Crippen molar-refractivity contribution in [2.45, 2.75) is 53.6 Å². The molecule has 0 bridgehead atoms. The third kappa shape index (κ3) is 7.03. The lowest BCUT2D eigenvalue weighted by atomic mass is 10.0. The van der Waals surface area contributed by atoms with Gasteiger partial charge in [-0.05, 0) is 49.9 Å². The molecule has 2 aromatic carbocycles. The first-order valence-electron chi connectivity index (χ1n) is 10.1. The molecule has 2 aromatic rings. The molecule has 0 aromatic heterocycles. The van der Waals surface area contributed by atoms with Crippen LogP contribution in [0.4, 0.5) is 0 Å². The third-order valence-electron chi connectivity index (χ3n) is 4.84. The Balaban J connectivity index is 2.28. The van der Waals surface area contributed by atoms with Gasteiger partial charge in [-0.25, -0.2) is 0 Å². The molecule has 2 rings (SSSR count). The van der Waals surface area contributed by atoms with Crippen molar-refractivity contribution in [2.24, 2.45) is 5.92 Å². The van der Waals surface area contributed by atoms with Crippen LogP contribution in [0.3, 0.4) is 0 Å². The van der Waals surface area contributed by atoms with E-state index in [-0.39, 0.29) is 24.8 Å². The molecule has 0 fully saturated rings. The minimum Gasteiger partial charge on any atom is -0.354 e. The number of benzene rings is 2. The third-order valence-corrected chi connectivity index (χ3v) is 5.43. The molecule has 2 amide bonds. The molecule has 4 nitrogen and oxygen atoms in total. The number of carbonyl (C=O) groups excluding carboxylic acids is 2. The van der Waals surface area contributed by atoms with Crippen LogP contribution in [0.15, 0.2) is 36.4 Å². The van der Waals surface area contributed by atoms with Crippen LogP contribution in [0.25, 0.3) is 0 Å². The van der Waals surface area contributed by atoms with Gasteiger partial charge in [0.1, 0.15) is 6.04 Å². The van der Waals surface area contributed by atoms with Crippen LogP contribution in [0.1, 0.15) is 43.0 Å². The number of halogens is 2. The molecule has 1 atom stereocenters. The van der Waals surface area contributed by atoms with Gasteiger partial charge in [-0.15, -0.1) is 0 Å². The topological polar surface area (TPSA) is 49.4 Å². The summed E-state index contributed by atoms with van der Waals surface area (Å²) < 4.78 is 0. The number of carbonyl (C=O) groups is 2. The molecule has 0 spiro atoms. The molecule has 162 valence electrons. The number of rotatable bonds is 8. The monoisotopic (exact) mass is 448 g/mol. The maximum absolute atomic E-state index is 13.3. The van der Waals surface area contributed by atoms with Crippen molar-refractivity contribution in [2.75, 3.05) is 6.54 Å². The van der Waals surface area contributed by atoms with Gasteiger partial charge in [0.2, 0.25) is 11.8 Å². The van der Waals surface area contributed by atoms with Crippen molar-refractivity contribution in [3.63, 3.8) is 0 Å². The van der Waals surface area contributed by atoms with Gasteiger partial charge in [0.05, 0.1) is 6.42 Å². The van der Waals surface area contributed by atoms with Crippen molar-refractivity contribution in [1.82, 2.24) is 10.2 Å². The van der Waals surface area contributed by atoms with E-state index in [1.165, 1.54) is 0 Å². The first kappa shape index (κ1) is 24.2. The Labute approximate surface area is 189 Å². The largest absolute Gasteiger partial charge is 0.354 e. The zero-order valence-electron chi connectivity index (χ0n) is 18.3. The summed E-state index contributed by atoms with van der Waals surface area (Å²) in [6.07, 6.45) is 0.218. The van der Waals surface area contributed by atoms with Gasteiger partial charge >= 0.3 is 0 Å². The summed E-state index contributed by atoms with van der Waals surface area (Å²) in [5.74, 6) is 0.0204. The van der Waals surface area contributed by atoms with Gasteiger partial charge in [-0.1, -0.05) is 72.4 Å². The Bertz CT molecular complexity index is 892. The van der Waals surface area contributed by atoms with E-state index in [9.17, 15) is 9.59 Å². The van der Waals surface area contributed by atoms with E-state index in [4.69, 9.17) is 23.2 Å². The van der Waals surface area contributed by atoms with Gasteiger partial charge in [0.25, 0.3) is 0 Å². The highest BCUT2D eigenvalue weighted by Crippen LogP contribution is 2.24. The maximum Gasteiger partial charge on any atom is 0.242 e. The summed E-state index contributed by atoms with van der Waals surface area (Å²) in [7, 11) is 0. The van der Waals surface area contributed by atoms with Gasteiger partial charge in [0, 0.05) is 23.1 Å². The quantitative estimate of drug-likeness (QED) is 0.591. The van der Waals surface area contributed by atoms with E-state index in [0.29, 0.717) is 22.5 Å². The normalized spacial score (nSPS) is 12.0. The summed E-state index contributed by atoms with van der Waals surface area (Å²) in [5, 5.41) is 3.92. The zero-order valence-corrected chi connectivity index (χ0v) is 19.8. The van der Waals surface area contributed by atoms with Gasteiger partial charge in [-0.3, -0.25) is 9.59 Å². The van der Waals surface area contributed by atoms with Crippen molar-refractivity contribution in [3.05, 3.63) is 68.7 Å². The highest BCUT2D eigenvalue weighted by atomic mass is 35.5. The standard InChI is InChI=1S/C24H30Cl2N2O2/c1-15(2)13-27-24(30)18(5)28(14-20-6-7-21(25)12-22(20)26)23(29)11-19-9-16(3)8-17(4)10-19/h6-10,12,15,18H,11,13-14H2,1-5H3,(H,27,30)/t18-/m0/s1. The van der Waals surface area contributed by atoms with E-state index < -0.39 is 6.04 Å². The fourth-order valence-corrected chi connectivity index (χ4v) is 3.78. The summed E-state index contributed by atoms with van der Waals surface area (Å²) >= 11 is 12.4. The van der Waals surface area contributed by atoms with Crippen molar-refractivity contribution >= 4 is 35.0 Å². The number of nitrogens with zero attached hydrogens (tertiary/aromatic N) is 1. The second-order valence-corrected chi connectivity index (χ2v) is 9.09. The average Bonchev–Trinajstić information content (AvgIpc) is 2.64. The molecule has 0 heterocycles. The Hall–Kier alpha value is -2.04. The van der Waals surface area contributed by atoms with Crippen molar-refractivity contribution in [3.8, 4) is 0 Å². The molecule has 0 saturated heterocycles.